The predicted octanol–water partition coefficient (Wildman–Crippen LogP) is 0.985. The quantitative estimate of drug-likeness (QED) is 0.774. The molecule has 3 heterocycles. The van der Waals surface area contributed by atoms with Crippen LogP contribution in [0.2, 0.25) is 0 Å². The van der Waals surface area contributed by atoms with Crippen LogP contribution in [0.1, 0.15) is 32.6 Å². The Balaban J connectivity index is 0.00000156. The van der Waals surface area contributed by atoms with Crippen molar-refractivity contribution in [2.45, 2.75) is 38.6 Å². The zero-order valence-electron chi connectivity index (χ0n) is 15.1. The minimum atomic E-state index is 0. The van der Waals surface area contributed by atoms with Gasteiger partial charge >= 0.3 is 0 Å². The molecule has 2 unspecified atom stereocenters. The number of hydrogen-bond donors (Lipinski definition) is 1. The average Bonchev–Trinajstić information content (AvgIpc) is 3.09. The van der Waals surface area contributed by atoms with Gasteiger partial charge in [0, 0.05) is 45.3 Å². The molecular formula is C17H32Cl2N4O2. The highest BCUT2D eigenvalue weighted by molar-refractivity contribution is 5.85. The second-order valence-corrected chi connectivity index (χ2v) is 7.22. The summed E-state index contributed by atoms with van der Waals surface area (Å²) in [5.41, 5.74) is 0. The second-order valence-electron chi connectivity index (χ2n) is 7.22. The molecule has 0 saturated carbocycles. The van der Waals surface area contributed by atoms with Crippen molar-refractivity contribution < 1.29 is 9.59 Å². The predicted molar refractivity (Wildman–Crippen MR) is 104 cm³/mol. The van der Waals surface area contributed by atoms with Crippen molar-refractivity contribution in [3.05, 3.63) is 0 Å². The van der Waals surface area contributed by atoms with Gasteiger partial charge in [0.05, 0.1) is 12.5 Å². The third-order valence-corrected chi connectivity index (χ3v) is 5.58. The first-order valence-corrected chi connectivity index (χ1v) is 9.16. The summed E-state index contributed by atoms with van der Waals surface area (Å²) in [5, 5.41) is 3.26. The summed E-state index contributed by atoms with van der Waals surface area (Å²) in [5.74, 6) is 0.722. The van der Waals surface area contributed by atoms with Crippen LogP contribution >= 0.6 is 24.8 Å². The average molecular weight is 395 g/mol. The van der Waals surface area contributed by atoms with Crippen molar-refractivity contribution in [1.29, 1.82) is 0 Å². The Bertz CT molecular complexity index is 438. The van der Waals surface area contributed by atoms with Crippen LogP contribution in [0.3, 0.4) is 0 Å². The third kappa shape index (κ3) is 5.71. The van der Waals surface area contributed by atoms with Crippen LogP contribution in [0, 0.1) is 5.92 Å². The van der Waals surface area contributed by atoms with E-state index in [0.717, 1.165) is 65.1 Å². The zero-order valence-corrected chi connectivity index (χ0v) is 16.7. The minimum Gasteiger partial charge on any atom is -0.340 e. The maximum absolute atomic E-state index is 12.5. The van der Waals surface area contributed by atoms with E-state index in [0.29, 0.717) is 18.5 Å². The first-order chi connectivity index (χ1) is 11.1. The van der Waals surface area contributed by atoms with Crippen molar-refractivity contribution >= 4 is 36.6 Å². The smallest absolute Gasteiger partial charge is 0.236 e. The zero-order chi connectivity index (χ0) is 16.2. The third-order valence-electron chi connectivity index (χ3n) is 5.58. The van der Waals surface area contributed by atoms with E-state index in [-0.39, 0.29) is 36.6 Å². The highest BCUT2D eigenvalue weighted by Crippen LogP contribution is 2.17. The van der Waals surface area contributed by atoms with Crippen molar-refractivity contribution in [3.8, 4) is 0 Å². The molecular weight excluding hydrogens is 363 g/mol. The molecule has 3 fully saturated rings. The van der Waals surface area contributed by atoms with E-state index in [4.69, 9.17) is 0 Å². The van der Waals surface area contributed by atoms with Gasteiger partial charge in [-0.25, -0.2) is 0 Å². The van der Waals surface area contributed by atoms with Gasteiger partial charge in [0.2, 0.25) is 11.8 Å². The number of carbonyl (C=O) groups is 2. The summed E-state index contributed by atoms with van der Waals surface area (Å²) < 4.78 is 0. The van der Waals surface area contributed by atoms with E-state index < -0.39 is 0 Å². The van der Waals surface area contributed by atoms with E-state index in [1.165, 1.54) is 6.42 Å². The molecule has 3 rings (SSSR count). The van der Waals surface area contributed by atoms with Gasteiger partial charge in [-0.3, -0.25) is 14.5 Å². The number of rotatable bonds is 3. The molecule has 3 saturated heterocycles. The van der Waals surface area contributed by atoms with Crippen LogP contribution in [0.4, 0.5) is 0 Å². The van der Waals surface area contributed by atoms with Crippen molar-refractivity contribution in [2.75, 3.05) is 52.4 Å². The van der Waals surface area contributed by atoms with Gasteiger partial charge in [0.25, 0.3) is 0 Å². The number of carbonyl (C=O) groups excluding carboxylic acids is 2. The van der Waals surface area contributed by atoms with E-state index in [1.54, 1.807) is 0 Å². The van der Waals surface area contributed by atoms with Gasteiger partial charge in [-0.15, -0.1) is 24.8 Å². The lowest BCUT2D eigenvalue weighted by Gasteiger charge is -2.38. The van der Waals surface area contributed by atoms with Crippen LogP contribution < -0.4 is 5.32 Å². The fraction of sp³-hybridized carbons (Fsp3) is 0.882. The van der Waals surface area contributed by atoms with Crippen molar-refractivity contribution in [2.24, 2.45) is 5.92 Å². The van der Waals surface area contributed by atoms with Crippen LogP contribution in [-0.4, -0.2) is 84.9 Å². The van der Waals surface area contributed by atoms with Gasteiger partial charge in [-0.1, -0.05) is 0 Å². The number of likely N-dealkylation sites (tertiary alicyclic amines) is 1. The van der Waals surface area contributed by atoms with Gasteiger partial charge in [0.15, 0.2) is 0 Å². The number of halogens is 2. The number of piperazine rings is 1. The lowest BCUT2D eigenvalue weighted by Crippen LogP contribution is -2.54. The fourth-order valence-corrected chi connectivity index (χ4v) is 4.00. The SMILES string of the molecule is CC1CCCCN1C(=O)CN1CCN(C(=O)C2CCNC2)CC1.Cl.Cl. The molecule has 0 aromatic carbocycles. The normalized spacial score (nSPS) is 27.4. The topological polar surface area (TPSA) is 55.9 Å². The first-order valence-electron chi connectivity index (χ1n) is 9.16. The molecule has 3 aliphatic rings. The molecule has 2 atom stereocenters. The highest BCUT2D eigenvalue weighted by Gasteiger charge is 2.31. The Labute approximate surface area is 163 Å². The maximum atomic E-state index is 12.5. The van der Waals surface area contributed by atoms with Gasteiger partial charge in [0.1, 0.15) is 0 Å². The maximum Gasteiger partial charge on any atom is 0.236 e. The Morgan fingerprint density at radius 3 is 2.32 bits per heavy atom. The van der Waals surface area contributed by atoms with Crippen LogP contribution in [0.25, 0.3) is 0 Å². The molecule has 0 aromatic rings. The molecule has 2 amide bonds. The monoisotopic (exact) mass is 394 g/mol. The van der Waals surface area contributed by atoms with Gasteiger partial charge in [-0.05, 0) is 39.2 Å². The van der Waals surface area contributed by atoms with Crippen LogP contribution in [0.5, 0.6) is 0 Å². The Kier molecular flexibility index (Phi) is 9.49. The Morgan fingerprint density at radius 2 is 1.72 bits per heavy atom. The molecule has 6 nitrogen and oxygen atoms in total. The molecule has 0 aliphatic carbocycles. The molecule has 0 spiro atoms. The molecule has 1 N–H and O–H groups in total. The largest absolute Gasteiger partial charge is 0.340 e. The Morgan fingerprint density at radius 1 is 1.00 bits per heavy atom. The molecule has 0 radical (unpaired) electrons. The Hall–Kier alpha value is -0.560. The van der Waals surface area contributed by atoms with Crippen LogP contribution in [0.15, 0.2) is 0 Å². The number of hydrogen-bond acceptors (Lipinski definition) is 4. The molecule has 3 aliphatic heterocycles. The summed E-state index contributed by atoms with van der Waals surface area (Å²) in [6.45, 7) is 8.52. The van der Waals surface area contributed by atoms with E-state index >= 15 is 0 Å². The summed E-state index contributed by atoms with van der Waals surface area (Å²) in [7, 11) is 0. The lowest BCUT2D eigenvalue weighted by atomic mass is 10.0. The number of nitrogens with one attached hydrogen (secondary N) is 1. The van der Waals surface area contributed by atoms with Crippen molar-refractivity contribution in [3.63, 3.8) is 0 Å². The van der Waals surface area contributed by atoms with Gasteiger partial charge < -0.3 is 15.1 Å². The number of amides is 2. The molecule has 146 valence electrons. The standard InChI is InChI=1S/C17H30N4O2.2ClH/c1-14-4-2-3-7-21(14)16(22)13-19-8-10-20(11-9-19)17(23)15-5-6-18-12-15;;/h14-15,18H,2-13H2,1H3;2*1H. The molecule has 0 bridgehead atoms. The minimum absolute atomic E-state index is 0. The lowest BCUT2D eigenvalue weighted by molar-refractivity contribution is -0.138. The van der Waals surface area contributed by atoms with Crippen LogP contribution in [-0.2, 0) is 9.59 Å². The first kappa shape index (κ1) is 22.5. The van der Waals surface area contributed by atoms with Crippen molar-refractivity contribution in [1.82, 2.24) is 20.0 Å². The molecule has 25 heavy (non-hydrogen) atoms. The summed E-state index contributed by atoms with van der Waals surface area (Å²) in [4.78, 5) is 31.2. The number of piperidine rings is 1. The molecule has 0 aromatic heterocycles. The summed E-state index contributed by atoms with van der Waals surface area (Å²) in [6, 6.07) is 0.383. The summed E-state index contributed by atoms with van der Waals surface area (Å²) in [6.07, 6.45) is 4.46. The van der Waals surface area contributed by atoms with Gasteiger partial charge in [-0.2, -0.15) is 0 Å². The second kappa shape index (κ2) is 10.6. The number of nitrogens with zero attached hydrogens (tertiary/aromatic N) is 3. The molecule has 8 heteroatoms. The fourth-order valence-electron chi connectivity index (χ4n) is 4.00. The summed E-state index contributed by atoms with van der Waals surface area (Å²) >= 11 is 0. The van der Waals surface area contributed by atoms with E-state index in [1.807, 2.05) is 9.80 Å². The highest BCUT2D eigenvalue weighted by atomic mass is 35.5. The van der Waals surface area contributed by atoms with E-state index in [2.05, 4.69) is 17.1 Å². The van der Waals surface area contributed by atoms with E-state index in [9.17, 15) is 9.59 Å².